The van der Waals surface area contributed by atoms with Gasteiger partial charge in [-0.25, -0.2) is 8.78 Å². The maximum atomic E-state index is 13.5. The zero-order chi connectivity index (χ0) is 11.5. The Bertz CT molecular complexity index is 359. The molecule has 1 saturated carbocycles. The van der Waals surface area contributed by atoms with Crippen molar-refractivity contribution in [1.82, 2.24) is 0 Å². The van der Waals surface area contributed by atoms with Gasteiger partial charge in [-0.3, -0.25) is 0 Å². The van der Waals surface area contributed by atoms with E-state index in [4.69, 9.17) is 0 Å². The Labute approximate surface area is 103 Å². The van der Waals surface area contributed by atoms with Gasteiger partial charge in [-0.15, -0.1) is 0 Å². The second-order valence-corrected chi connectivity index (χ2v) is 5.62. The van der Waals surface area contributed by atoms with Crippen LogP contribution < -0.4 is 0 Å². The lowest BCUT2D eigenvalue weighted by molar-refractivity contribution is 0.490. The van der Waals surface area contributed by atoms with Gasteiger partial charge in [0.1, 0.15) is 11.6 Å². The average molecular weight is 289 g/mol. The first-order chi connectivity index (χ1) is 7.66. The second-order valence-electron chi connectivity index (χ2n) is 4.52. The molecule has 1 unspecified atom stereocenters. The third-order valence-corrected chi connectivity index (χ3v) is 4.18. The van der Waals surface area contributed by atoms with E-state index in [2.05, 4.69) is 15.9 Å². The van der Waals surface area contributed by atoms with Crippen molar-refractivity contribution in [3.8, 4) is 0 Å². The Kier molecular flexibility index (Phi) is 3.95. The molecule has 3 heteroatoms. The predicted molar refractivity (Wildman–Crippen MR) is 64.6 cm³/mol. The molecular weight excluding hydrogens is 274 g/mol. The molecular formula is C13H15BrF2. The molecule has 0 spiro atoms. The van der Waals surface area contributed by atoms with Crippen molar-refractivity contribution in [2.24, 2.45) is 5.92 Å². The summed E-state index contributed by atoms with van der Waals surface area (Å²) in [7, 11) is 0. The summed E-state index contributed by atoms with van der Waals surface area (Å²) in [4.78, 5) is 0.0104. The normalized spacial score (nSPS) is 18.9. The first-order valence-corrected chi connectivity index (χ1v) is 6.67. The Morgan fingerprint density at radius 3 is 2.56 bits per heavy atom. The van der Waals surface area contributed by atoms with Gasteiger partial charge < -0.3 is 0 Å². The van der Waals surface area contributed by atoms with Crippen LogP contribution in [0, 0.1) is 17.6 Å². The van der Waals surface area contributed by atoms with E-state index >= 15 is 0 Å². The van der Waals surface area contributed by atoms with Crippen LogP contribution in [0.5, 0.6) is 0 Å². The fourth-order valence-electron chi connectivity index (χ4n) is 2.42. The van der Waals surface area contributed by atoms with E-state index in [-0.39, 0.29) is 4.83 Å². The van der Waals surface area contributed by atoms with Crippen LogP contribution in [0.1, 0.15) is 42.5 Å². The highest BCUT2D eigenvalue weighted by Crippen LogP contribution is 2.38. The first kappa shape index (κ1) is 12.0. The monoisotopic (exact) mass is 288 g/mol. The highest BCUT2D eigenvalue weighted by molar-refractivity contribution is 9.09. The lowest BCUT2D eigenvalue weighted by atomic mass is 9.98. The summed E-state index contributed by atoms with van der Waals surface area (Å²) in [6.07, 6.45) is 6.00. The standard InChI is InChI=1S/C13H15BrF2/c14-12(7-9-3-1-2-4-9)11-6-5-10(15)8-13(11)16/h5-6,8-9,12H,1-4,7H2. The molecule has 0 heterocycles. The van der Waals surface area contributed by atoms with E-state index < -0.39 is 11.6 Å². The van der Waals surface area contributed by atoms with E-state index in [0.29, 0.717) is 11.5 Å². The number of hydrogen-bond acceptors (Lipinski definition) is 0. The minimum atomic E-state index is -0.512. The lowest BCUT2D eigenvalue weighted by Gasteiger charge is -2.15. The van der Waals surface area contributed by atoms with Crippen LogP contribution in [-0.2, 0) is 0 Å². The van der Waals surface area contributed by atoms with Crippen LogP contribution in [0.25, 0.3) is 0 Å². The molecule has 0 aliphatic heterocycles. The van der Waals surface area contributed by atoms with Gasteiger partial charge in [0.05, 0.1) is 0 Å². The van der Waals surface area contributed by atoms with E-state index in [0.717, 1.165) is 12.5 Å². The SMILES string of the molecule is Fc1ccc(C(Br)CC2CCCC2)c(F)c1. The smallest absolute Gasteiger partial charge is 0.130 e. The van der Waals surface area contributed by atoms with Crippen molar-refractivity contribution < 1.29 is 8.78 Å². The first-order valence-electron chi connectivity index (χ1n) is 5.76. The molecule has 0 nitrogen and oxygen atoms in total. The molecule has 1 aromatic rings. The van der Waals surface area contributed by atoms with Crippen molar-refractivity contribution in [3.63, 3.8) is 0 Å². The molecule has 1 aliphatic rings. The summed E-state index contributed by atoms with van der Waals surface area (Å²) in [5, 5.41) is 0. The van der Waals surface area contributed by atoms with Crippen molar-refractivity contribution in [3.05, 3.63) is 35.4 Å². The summed E-state index contributed by atoms with van der Waals surface area (Å²) in [5.41, 5.74) is 0.577. The summed E-state index contributed by atoms with van der Waals surface area (Å²) >= 11 is 3.51. The average Bonchev–Trinajstić information content (AvgIpc) is 2.70. The van der Waals surface area contributed by atoms with E-state index in [1.54, 1.807) is 6.07 Å². The summed E-state index contributed by atoms with van der Waals surface area (Å²) in [6.45, 7) is 0. The van der Waals surface area contributed by atoms with E-state index in [1.165, 1.54) is 31.7 Å². The molecule has 88 valence electrons. The van der Waals surface area contributed by atoms with Crippen molar-refractivity contribution in [1.29, 1.82) is 0 Å². The summed E-state index contributed by atoms with van der Waals surface area (Å²) < 4.78 is 26.3. The van der Waals surface area contributed by atoms with E-state index in [9.17, 15) is 8.78 Å². The number of alkyl halides is 1. The van der Waals surface area contributed by atoms with Crippen LogP contribution in [0.4, 0.5) is 8.78 Å². The molecule has 0 N–H and O–H groups in total. The summed E-state index contributed by atoms with van der Waals surface area (Å²) in [5.74, 6) is -0.268. The summed E-state index contributed by atoms with van der Waals surface area (Å²) in [6, 6.07) is 3.82. The molecule has 0 radical (unpaired) electrons. The van der Waals surface area contributed by atoms with Gasteiger partial charge in [0.25, 0.3) is 0 Å². The van der Waals surface area contributed by atoms with Gasteiger partial charge in [0.15, 0.2) is 0 Å². The molecule has 1 fully saturated rings. The largest absolute Gasteiger partial charge is 0.207 e. The molecule has 0 amide bonds. The maximum absolute atomic E-state index is 13.5. The van der Waals surface area contributed by atoms with Gasteiger partial charge >= 0.3 is 0 Å². The molecule has 1 atom stereocenters. The topological polar surface area (TPSA) is 0 Å². The van der Waals surface area contributed by atoms with Crippen LogP contribution in [-0.4, -0.2) is 0 Å². The van der Waals surface area contributed by atoms with Crippen LogP contribution in [0.3, 0.4) is 0 Å². The minimum Gasteiger partial charge on any atom is -0.207 e. The second kappa shape index (κ2) is 5.26. The van der Waals surface area contributed by atoms with Crippen molar-refractivity contribution >= 4 is 15.9 Å². The van der Waals surface area contributed by atoms with E-state index in [1.807, 2.05) is 0 Å². The quantitative estimate of drug-likeness (QED) is 0.688. The molecule has 16 heavy (non-hydrogen) atoms. The number of halogens is 3. The van der Waals surface area contributed by atoms with Gasteiger partial charge in [0.2, 0.25) is 0 Å². The number of benzene rings is 1. The Balaban J connectivity index is 2.04. The van der Waals surface area contributed by atoms with Crippen LogP contribution in [0.2, 0.25) is 0 Å². The van der Waals surface area contributed by atoms with Crippen molar-refractivity contribution in [2.75, 3.05) is 0 Å². The van der Waals surface area contributed by atoms with Gasteiger partial charge in [-0.05, 0) is 18.4 Å². The molecule has 0 saturated heterocycles. The van der Waals surface area contributed by atoms with Crippen LogP contribution in [0.15, 0.2) is 18.2 Å². The lowest BCUT2D eigenvalue weighted by Crippen LogP contribution is -2.01. The molecule has 2 rings (SSSR count). The molecule has 0 aromatic heterocycles. The molecule has 0 bridgehead atoms. The Morgan fingerprint density at radius 2 is 1.94 bits per heavy atom. The third-order valence-electron chi connectivity index (χ3n) is 3.31. The number of hydrogen-bond donors (Lipinski definition) is 0. The minimum absolute atomic E-state index is 0.0104. The molecule has 1 aliphatic carbocycles. The van der Waals surface area contributed by atoms with Gasteiger partial charge in [-0.2, -0.15) is 0 Å². The Morgan fingerprint density at radius 1 is 1.25 bits per heavy atom. The van der Waals surface area contributed by atoms with Gasteiger partial charge in [0, 0.05) is 16.5 Å². The third kappa shape index (κ3) is 2.82. The number of rotatable bonds is 3. The fraction of sp³-hybridized carbons (Fsp3) is 0.538. The predicted octanol–water partition coefficient (Wildman–Crippen LogP) is 4.98. The van der Waals surface area contributed by atoms with Crippen LogP contribution >= 0.6 is 15.9 Å². The Hall–Kier alpha value is -0.440. The molecule has 1 aromatic carbocycles. The zero-order valence-electron chi connectivity index (χ0n) is 9.06. The fourth-order valence-corrected chi connectivity index (χ4v) is 3.32. The zero-order valence-corrected chi connectivity index (χ0v) is 10.6. The van der Waals surface area contributed by atoms with Gasteiger partial charge in [-0.1, -0.05) is 47.7 Å². The highest BCUT2D eigenvalue weighted by atomic mass is 79.9. The maximum Gasteiger partial charge on any atom is 0.130 e. The highest BCUT2D eigenvalue weighted by Gasteiger charge is 2.21. The van der Waals surface area contributed by atoms with Crippen molar-refractivity contribution in [2.45, 2.75) is 36.9 Å².